The number of H-pyrrole nitrogens is 1. The number of nitrogens with zero attached hydrogens (tertiary/aromatic N) is 1. The van der Waals surface area contributed by atoms with Crippen LogP contribution in [0, 0.1) is 0 Å². The smallest absolute Gasteiger partial charge is 0.283 e. The van der Waals surface area contributed by atoms with Crippen LogP contribution in [0.15, 0.2) is 53.3 Å². The number of fused-ring (bicyclic) bond motifs is 1. The normalized spacial score (nSPS) is 10.7. The van der Waals surface area contributed by atoms with E-state index in [0.717, 1.165) is 23.1 Å². The number of carbonyl (C=O) groups excluding carboxylic acids is 1. The summed E-state index contributed by atoms with van der Waals surface area (Å²) < 4.78 is 0. The van der Waals surface area contributed by atoms with Crippen LogP contribution < -0.4 is 10.9 Å². The van der Waals surface area contributed by atoms with Crippen molar-refractivity contribution in [3.8, 4) is 11.3 Å². The zero-order valence-electron chi connectivity index (χ0n) is 13.2. The molecule has 24 heavy (non-hydrogen) atoms. The Labute approximate surface area is 143 Å². The second-order valence-corrected chi connectivity index (χ2v) is 6.36. The maximum Gasteiger partial charge on any atom is 0.283 e. The number of aromatic amines is 1. The van der Waals surface area contributed by atoms with E-state index >= 15 is 0 Å². The lowest BCUT2D eigenvalue weighted by Crippen LogP contribution is -2.09. The minimum Gasteiger partial charge on any atom is -0.317 e. The zero-order chi connectivity index (χ0) is 16.9. The van der Waals surface area contributed by atoms with Crippen molar-refractivity contribution in [1.29, 1.82) is 0 Å². The van der Waals surface area contributed by atoms with Crippen molar-refractivity contribution < 1.29 is 4.79 Å². The van der Waals surface area contributed by atoms with Gasteiger partial charge in [0.15, 0.2) is 0 Å². The van der Waals surface area contributed by atoms with Crippen molar-refractivity contribution in [2.75, 3.05) is 11.1 Å². The Morgan fingerprint density at radius 2 is 1.96 bits per heavy atom. The van der Waals surface area contributed by atoms with Crippen molar-refractivity contribution in [1.82, 2.24) is 10.2 Å². The summed E-state index contributed by atoms with van der Waals surface area (Å²) in [7, 11) is 0. The van der Waals surface area contributed by atoms with Crippen LogP contribution in [0.1, 0.15) is 13.3 Å². The first-order valence-electron chi connectivity index (χ1n) is 7.70. The molecule has 0 saturated carbocycles. The lowest BCUT2D eigenvalue weighted by molar-refractivity contribution is 0.270. The summed E-state index contributed by atoms with van der Waals surface area (Å²) in [5, 5.41) is 10.9. The van der Waals surface area contributed by atoms with E-state index in [1.165, 1.54) is 11.8 Å². The molecule has 0 fully saturated rings. The van der Waals surface area contributed by atoms with Crippen molar-refractivity contribution in [3.05, 3.63) is 58.9 Å². The Bertz CT molecular complexity index is 937. The van der Waals surface area contributed by atoms with Crippen LogP contribution in [0.4, 0.5) is 10.5 Å². The third kappa shape index (κ3) is 3.49. The predicted octanol–water partition coefficient (Wildman–Crippen LogP) is 4.27. The molecule has 0 unspecified atom stereocenters. The molecule has 3 rings (SSSR count). The number of amides is 1. The summed E-state index contributed by atoms with van der Waals surface area (Å²) in [4.78, 5) is 23.8. The first-order chi connectivity index (χ1) is 11.7. The van der Waals surface area contributed by atoms with Gasteiger partial charge in [0.25, 0.3) is 10.8 Å². The van der Waals surface area contributed by atoms with Crippen LogP contribution in [-0.4, -0.2) is 21.2 Å². The Kier molecular flexibility index (Phi) is 4.96. The highest BCUT2D eigenvalue weighted by atomic mass is 32.2. The first-order valence-corrected chi connectivity index (χ1v) is 8.69. The van der Waals surface area contributed by atoms with Gasteiger partial charge in [-0.25, -0.2) is 5.10 Å². The number of anilines is 1. The van der Waals surface area contributed by atoms with Gasteiger partial charge in [0.1, 0.15) is 0 Å². The van der Waals surface area contributed by atoms with E-state index in [4.69, 9.17) is 0 Å². The van der Waals surface area contributed by atoms with Crippen molar-refractivity contribution in [3.63, 3.8) is 0 Å². The predicted molar refractivity (Wildman–Crippen MR) is 99.6 cm³/mol. The van der Waals surface area contributed by atoms with Crippen LogP contribution in [0.5, 0.6) is 0 Å². The quantitative estimate of drug-likeness (QED) is 0.744. The van der Waals surface area contributed by atoms with Gasteiger partial charge in [-0.2, -0.15) is 5.10 Å². The summed E-state index contributed by atoms with van der Waals surface area (Å²) in [6, 6.07) is 14.8. The summed E-state index contributed by atoms with van der Waals surface area (Å²) in [6.07, 6.45) is 0.950. The highest BCUT2D eigenvalue weighted by Gasteiger charge is 2.09. The number of thioether (sulfide) groups is 1. The molecule has 2 N–H and O–H groups in total. The van der Waals surface area contributed by atoms with Crippen LogP contribution in [0.2, 0.25) is 0 Å². The van der Waals surface area contributed by atoms with Crippen molar-refractivity contribution in [2.24, 2.45) is 0 Å². The molecule has 0 radical (unpaired) electrons. The minimum absolute atomic E-state index is 0.0757. The van der Waals surface area contributed by atoms with E-state index < -0.39 is 0 Å². The molecule has 2 aromatic carbocycles. The molecule has 1 aromatic heterocycles. The van der Waals surface area contributed by atoms with Gasteiger partial charge in [-0.3, -0.25) is 9.59 Å². The zero-order valence-corrected chi connectivity index (χ0v) is 14.0. The maximum atomic E-state index is 11.9. The number of carbonyl (C=O) groups is 1. The van der Waals surface area contributed by atoms with E-state index in [0.29, 0.717) is 16.8 Å². The molecule has 0 aliphatic rings. The molecule has 0 saturated heterocycles. The van der Waals surface area contributed by atoms with Gasteiger partial charge in [-0.15, -0.1) is 0 Å². The van der Waals surface area contributed by atoms with E-state index in [2.05, 4.69) is 15.5 Å². The number of hydrogen-bond donors (Lipinski definition) is 2. The third-order valence-electron chi connectivity index (χ3n) is 3.52. The Morgan fingerprint density at radius 3 is 2.75 bits per heavy atom. The Hall–Kier alpha value is -2.60. The van der Waals surface area contributed by atoms with Crippen molar-refractivity contribution in [2.45, 2.75) is 13.3 Å². The van der Waals surface area contributed by atoms with Crippen LogP contribution in [0.3, 0.4) is 0 Å². The van der Waals surface area contributed by atoms with Gasteiger partial charge in [-0.05, 0) is 24.6 Å². The molecule has 6 heteroatoms. The second-order valence-electron chi connectivity index (χ2n) is 5.29. The summed E-state index contributed by atoms with van der Waals surface area (Å²) >= 11 is 1.26. The molecular weight excluding hydrogens is 322 g/mol. The molecule has 122 valence electrons. The summed E-state index contributed by atoms with van der Waals surface area (Å²) in [5.41, 5.74) is 2.01. The molecule has 3 aromatic rings. The van der Waals surface area contributed by atoms with Crippen LogP contribution in [-0.2, 0) is 0 Å². The number of rotatable bonds is 4. The number of nitrogens with one attached hydrogen (secondary N) is 2. The van der Waals surface area contributed by atoms with E-state index in [-0.39, 0.29) is 10.8 Å². The lowest BCUT2D eigenvalue weighted by Gasteiger charge is -2.08. The van der Waals surface area contributed by atoms with Gasteiger partial charge >= 0.3 is 0 Å². The summed E-state index contributed by atoms with van der Waals surface area (Å²) in [5.74, 6) is 0.789. The van der Waals surface area contributed by atoms with Gasteiger partial charge in [-0.1, -0.05) is 49.0 Å². The fourth-order valence-electron chi connectivity index (χ4n) is 2.43. The standard InChI is InChI=1S/C18H17N3O2S/c1-2-10-24-18(23)19-13-7-5-6-12(11-13)16-14-8-3-4-9-15(14)17(22)21-20-16/h3-9,11H,2,10H2,1H3,(H,19,23)(H,21,22). The molecule has 0 aliphatic carbocycles. The highest BCUT2D eigenvalue weighted by molar-refractivity contribution is 8.13. The van der Waals surface area contributed by atoms with Gasteiger partial charge in [0.2, 0.25) is 0 Å². The molecule has 0 spiro atoms. The lowest BCUT2D eigenvalue weighted by atomic mass is 10.0. The molecule has 0 aliphatic heterocycles. The van der Waals surface area contributed by atoms with Gasteiger partial charge in [0.05, 0.1) is 11.1 Å². The fourth-order valence-corrected chi connectivity index (χ4v) is 3.01. The molecule has 0 bridgehead atoms. The minimum atomic E-state index is -0.213. The Morgan fingerprint density at radius 1 is 1.17 bits per heavy atom. The molecule has 5 nitrogen and oxygen atoms in total. The molecule has 1 amide bonds. The maximum absolute atomic E-state index is 11.9. The SMILES string of the molecule is CCCSC(=O)Nc1cccc(-c2n[nH]c(=O)c3ccccc23)c1. The third-order valence-corrected chi connectivity index (χ3v) is 4.49. The van der Waals surface area contributed by atoms with Crippen LogP contribution in [0.25, 0.3) is 22.0 Å². The topological polar surface area (TPSA) is 74.8 Å². The molecule has 0 atom stereocenters. The number of benzene rings is 2. The molecular formula is C18H17N3O2S. The Balaban J connectivity index is 1.96. The monoisotopic (exact) mass is 339 g/mol. The fraction of sp³-hybridized carbons (Fsp3) is 0.167. The van der Waals surface area contributed by atoms with E-state index in [9.17, 15) is 9.59 Å². The van der Waals surface area contributed by atoms with Gasteiger partial charge < -0.3 is 5.32 Å². The van der Waals surface area contributed by atoms with E-state index in [1.54, 1.807) is 6.07 Å². The van der Waals surface area contributed by atoms with Crippen LogP contribution >= 0.6 is 11.8 Å². The number of hydrogen-bond acceptors (Lipinski definition) is 4. The summed E-state index contributed by atoms with van der Waals surface area (Å²) in [6.45, 7) is 2.04. The van der Waals surface area contributed by atoms with E-state index in [1.807, 2.05) is 49.4 Å². The number of aromatic nitrogens is 2. The largest absolute Gasteiger partial charge is 0.317 e. The first kappa shape index (κ1) is 16.3. The highest BCUT2D eigenvalue weighted by Crippen LogP contribution is 2.26. The average molecular weight is 339 g/mol. The average Bonchev–Trinajstić information content (AvgIpc) is 2.61. The molecule has 1 heterocycles. The van der Waals surface area contributed by atoms with Crippen molar-refractivity contribution >= 4 is 33.5 Å². The van der Waals surface area contributed by atoms with Gasteiger partial charge in [0, 0.05) is 22.4 Å². The second kappa shape index (κ2) is 7.31.